The van der Waals surface area contributed by atoms with Crippen molar-refractivity contribution in [3.05, 3.63) is 162 Å². The summed E-state index contributed by atoms with van der Waals surface area (Å²) in [6.07, 6.45) is 10.4. The number of allylic oxidation sites excluding steroid dienone is 4. The smallest absolute Gasteiger partial charge is 0.333 e. The maximum atomic E-state index is 12.6. The Morgan fingerprint density at radius 2 is 1.32 bits per heavy atom. The number of hydrogen-bond donors (Lipinski definition) is 0. The number of rotatable bonds is 6. The fourth-order valence-electron chi connectivity index (χ4n) is 5.65. The van der Waals surface area contributed by atoms with Gasteiger partial charge in [0.15, 0.2) is 0 Å². The quantitative estimate of drug-likeness (QED) is 0.187. The number of benzene rings is 4. The number of fused-ring (bicyclic) bond motifs is 2. The molecule has 0 radical (unpaired) electrons. The lowest BCUT2D eigenvalue weighted by Gasteiger charge is -2.39. The van der Waals surface area contributed by atoms with Gasteiger partial charge in [-0.15, -0.1) is 0 Å². The summed E-state index contributed by atoms with van der Waals surface area (Å²) < 4.78 is 6.02. The summed E-state index contributed by atoms with van der Waals surface area (Å²) in [7, 11) is 0. The van der Waals surface area contributed by atoms with E-state index in [0.717, 1.165) is 33.8 Å². The van der Waals surface area contributed by atoms with Gasteiger partial charge in [-0.2, -0.15) is 0 Å². The largest absolute Gasteiger partial charge is 0.453 e. The Labute approximate surface area is 236 Å². The molecule has 3 heteroatoms. The molecular formula is C37H31NO2. The van der Waals surface area contributed by atoms with Gasteiger partial charge in [0.2, 0.25) is 0 Å². The first-order valence-electron chi connectivity index (χ1n) is 13.6. The van der Waals surface area contributed by atoms with Gasteiger partial charge in [-0.1, -0.05) is 110 Å². The van der Waals surface area contributed by atoms with Crippen LogP contribution in [0.1, 0.15) is 29.7 Å². The number of anilines is 3. The summed E-state index contributed by atoms with van der Waals surface area (Å²) in [5, 5.41) is 0. The zero-order valence-electron chi connectivity index (χ0n) is 22.5. The Balaban J connectivity index is 1.39. The average molecular weight is 522 g/mol. The normalized spacial score (nSPS) is 19.9. The fourth-order valence-corrected chi connectivity index (χ4v) is 5.65. The first-order chi connectivity index (χ1) is 19.6. The lowest BCUT2D eigenvalue weighted by atomic mass is 9.69. The molecule has 0 heterocycles. The molecule has 196 valence electrons. The first-order valence-corrected chi connectivity index (χ1v) is 13.6. The van der Waals surface area contributed by atoms with Gasteiger partial charge in [-0.05, 0) is 60.0 Å². The highest BCUT2D eigenvalue weighted by atomic mass is 16.5. The molecule has 3 nitrogen and oxygen atoms in total. The molecule has 0 N–H and O–H groups in total. The highest BCUT2D eigenvalue weighted by Gasteiger charge is 2.40. The van der Waals surface area contributed by atoms with Crippen LogP contribution in [0.25, 0.3) is 11.6 Å². The molecule has 6 rings (SSSR count). The molecule has 4 aromatic carbocycles. The van der Waals surface area contributed by atoms with Crippen molar-refractivity contribution in [3.8, 4) is 0 Å². The second kappa shape index (κ2) is 11.1. The lowest BCUT2D eigenvalue weighted by Crippen LogP contribution is -2.31. The summed E-state index contributed by atoms with van der Waals surface area (Å²) in [6, 6.07) is 37.8. The van der Waals surface area contributed by atoms with Gasteiger partial charge < -0.3 is 9.64 Å². The molecule has 40 heavy (non-hydrogen) atoms. The molecule has 2 aliphatic carbocycles. The zero-order valence-corrected chi connectivity index (χ0v) is 22.5. The van der Waals surface area contributed by atoms with Crippen LogP contribution in [0.5, 0.6) is 0 Å². The van der Waals surface area contributed by atoms with E-state index < -0.39 is 0 Å². The van der Waals surface area contributed by atoms with Gasteiger partial charge >= 0.3 is 5.97 Å². The number of carbonyl (C=O) groups excluding carboxylic acids is 1. The summed E-state index contributed by atoms with van der Waals surface area (Å²) in [5.41, 5.74) is 8.20. The predicted molar refractivity (Wildman–Crippen MR) is 164 cm³/mol. The zero-order chi connectivity index (χ0) is 27.5. The van der Waals surface area contributed by atoms with Crippen molar-refractivity contribution in [3.63, 3.8) is 0 Å². The van der Waals surface area contributed by atoms with Crippen molar-refractivity contribution >= 4 is 34.7 Å². The van der Waals surface area contributed by atoms with Crippen molar-refractivity contribution in [1.29, 1.82) is 0 Å². The second-order valence-corrected chi connectivity index (χ2v) is 10.3. The number of hydrogen-bond acceptors (Lipinski definition) is 3. The molecule has 0 saturated heterocycles. The molecule has 0 fully saturated rings. The fraction of sp³-hybridized carbons (Fsp3) is 0.108. The Morgan fingerprint density at radius 3 is 1.98 bits per heavy atom. The third-order valence-electron chi connectivity index (χ3n) is 7.55. The molecule has 0 aliphatic heterocycles. The van der Waals surface area contributed by atoms with E-state index in [0.29, 0.717) is 5.57 Å². The number of para-hydroxylation sites is 2. The minimum Gasteiger partial charge on any atom is -0.453 e. The van der Waals surface area contributed by atoms with Crippen LogP contribution in [0.15, 0.2) is 146 Å². The van der Waals surface area contributed by atoms with Gasteiger partial charge in [-0.25, -0.2) is 4.79 Å². The Hall–Kier alpha value is -4.89. The van der Waals surface area contributed by atoms with E-state index in [9.17, 15) is 4.79 Å². The molecule has 0 amide bonds. The molecule has 4 aromatic rings. The van der Waals surface area contributed by atoms with E-state index >= 15 is 0 Å². The Kier molecular flexibility index (Phi) is 7.03. The molecular weight excluding hydrogens is 490 g/mol. The van der Waals surface area contributed by atoms with Crippen molar-refractivity contribution in [2.45, 2.75) is 13.0 Å². The monoisotopic (exact) mass is 521 g/mol. The highest BCUT2D eigenvalue weighted by Crippen LogP contribution is 2.49. The van der Waals surface area contributed by atoms with Crippen LogP contribution in [0, 0.1) is 11.8 Å². The molecule has 3 atom stereocenters. The van der Waals surface area contributed by atoms with E-state index in [-0.39, 0.29) is 23.9 Å². The van der Waals surface area contributed by atoms with Crippen molar-refractivity contribution in [2.75, 3.05) is 4.90 Å². The van der Waals surface area contributed by atoms with Gasteiger partial charge in [0, 0.05) is 40.0 Å². The molecule has 0 aromatic heterocycles. The van der Waals surface area contributed by atoms with E-state index in [1.165, 1.54) is 5.57 Å². The van der Waals surface area contributed by atoms with Crippen molar-refractivity contribution < 1.29 is 9.53 Å². The van der Waals surface area contributed by atoms with Crippen LogP contribution in [0.4, 0.5) is 17.1 Å². The van der Waals surface area contributed by atoms with E-state index in [2.05, 4.69) is 121 Å². The summed E-state index contributed by atoms with van der Waals surface area (Å²) in [4.78, 5) is 14.8. The second-order valence-electron chi connectivity index (χ2n) is 10.3. The van der Waals surface area contributed by atoms with Gasteiger partial charge in [-0.3, -0.25) is 0 Å². The maximum Gasteiger partial charge on any atom is 0.333 e. The standard InChI is InChI=1S/C37H31NO2/c1-26(2)37(39)40-36-33-19-11-9-17-31(33)35(32-18-10-12-20-34(32)36)25-27-21-23-30(24-22-27)38(28-13-5-3-6-14-28)29-15-7-4-8-16-29/h3-25,31,33,36H,1H2,2H3. The van der Waals surface area contributed by atoms with Crippen molar-refractivity contribution in [2.24, 2.45) is 11.8 Å². The highest BCUT2D eigenvalue weighted by molar-refractivity contribution is 5.90. The Bertz CT molecular complexity index is 1570. The third kappa shape index (κ3) is 4.94. The van der Waals surface area contributed by atoms with Crippen LogP contribution < -0.4 is 4.90 Å². The summed E-state index contributed by atoms with van der Waals surface area (Å²) in [6.45, 7) is 5.48. The van der Waals surface area contributed by atoms with Gasteiger partial charge in [0.05, 0.1) is 0 Å². The van der Waals surface area contributed by atoms with Crippen LogP contribution in [-0.2, 0) is 9.53 Å². The molecule has 0 bridgehead atoms. The predicted octanol–water partition coefficient (Wildman–Crippen LogP) is 9.23. The first kappa shape index (κ1) is 25.4. The number of carbonyl (C=O) groups is 1. The topological polar surface area (TPSA) is 29.5 Å². The molecule has 0 spiro atoms. The number of esters is 1. The SMILES string of the molecule is C=C(C)C(=O)OC1c2ccccc2C(=Cc2ccc(N(c3ccccc3)c3ccccc3)cc2)C2C=CC=CC21. The summed E-state index contributed by atoms with van der Waals surface area (Å²) >= 11 is 0. The maximum absolute atomic E-state index is 12.6. The number of nitrogens with zero attached hydrogens (tertiary/aromatic N) is 1. The van der Waals surface area contributed by atoms with Crippen molar-refractivity contribution in [1.82, 2.24) is 0 Å². The van der Waals surface area contributed by atoms with Crippen LogP contribution in [0.3, 0.4) is 0 Å². The van der Waals surface area contributed by atoms with E-state index in [4.69, 9.17) is 4.74 Å². The average Bonchev–Trinajstić information content (AvgIpc) is 3.00. The third-order valence-corrected chi connectivity index (χ3v) is 7.55. The molecule has 2 aliphatic rings. The lowest BCUT2D eigenvalue weighted by molar-refractivity contribution is -0.147. The minimum atomic E-state index is -0.364. The molecule has 0 saturated carbocycles. The van der Waals surface area contributed by atoms with Crippen LogP contribution in [-0.4, -0.2) is 5.97 Å². The van der Waals surface area contributed by atoms with Gasteiger partial charge in [0.25, 0.3) is 0 Å². The summed E-state index contributed by atoms with van der Waals surface area (Å²) in [5.74, 6) is -0.251. The Morgan fingerprint density at radius 1 is 0.750 bits per heavy atom. The van der Waals surface area contributed by atoms with Gasteiger partial charge in [0.1, 0.15) is 6.10 Å². The minimum absolute atomic E-state index is 0.0142. The van der Waals surface area contributed by atoms with Crippen LogP contribution >= 0.6 is 0 Å². The van der Waals surface area contributed by atoms with E-state index in [1.54, 1.807) is 6.92 Å². The van der Waals surface area contributed by atoms with E-state index in [1.807, 2.05) is 30.3 Å². The molecule has 3 unspecified atom stereocenters. The van der Waals surface area contributed by atoms with Crippen LogP contribution in [0.2, 0.25) is 0 Å². The number of ether oxygens (including phenoxy) is 1.